The van der Waals surface area contributed by atoms with Crippen LogP contribution in [0.5, 0.6) is 5.75 Å². The van der Waals surface area contributed by atoms with Crippen molar-refractivity contribution in [2.75, 3.05) is 31.1 Å². The van der Waals surface area contributed by atoms with E-state index < -0.39 is 29.7 Å². The lowest BCUT2D eigenvalue weighted by Crippen LogP contribution is -2.54. The molecule has 4 atom stereocenters. The molecule has 0 radical (unpaired) electrons. The Kier molecular flexibility index (Phi) is 12.0. The Hall–Kier alpha value is -5.69. The third kappa shape index (κ3) is 8.37. The maximum absolute atomic E-state index is 13.8. The molecule has 8 rings (SSSR count). The number of anilines is 1. The quantitative estimate of drug-likeness (QED) is 0.208. The Morgan fingerprint density at radius 2 is 1.67 bits per heavy atom. The van der Waals surface area contributed by atoms with Crippen LogP contribution in [0.25, 0.3) is 0 Å². The van der Waals surface area contributed by atoms with Crippen LogP contribution in [-0.4, -0.2) is 101 Å². The van der Waals surface area contributed by atoms with Gasteiger partial charge in [-0.3, -0.25) is 34.2 Å². The van der Waals surface area contributed by atoms with E-state index in [1.807, 2.05) is 42.2 Å². The highest BCUT2D eigenvalue weighted by molar-refractivity contribution is 6.31. The van der Waals surface area contributed by atoms with Crippen LogP contribution >= 0.6 is 11.6 Å². The number of nitrogens with zero attached hydrogens (tertiary/aromatic N) is 5. The highest BCUT2D eigenvalue weighted by Crippen LogP contribution is 2.36. The molecule has 1 N–H and O–H groups in total. The number of piperidine rings is 3. The molecule has 5 heterocycles. The van der Waals surface area contributed by atoms with Gasteiger partial charge in [0.2, 0.25) is 11.8 Å². The molecule has 13 heteroatoms. The van der Waals surface area contributed by atoms with Crippen molar-refractivity contribution in [3.63, 3.8) is 0 Å². The summed E-state index contributed by atoms with van der Waals surface area (Å²) in [6.07, 6.45) is 6.43. The van der Waals surface area contributed by atoms with Gasteiger partial charge in [-0.1, -0.05) is 29.5 Å². The first-order valence-corrected chi connectivity index (χ1v) is 21.5. The second kappa shape index (κ2) is 17.5. The van der Waals surface area contributed by atoms with Crippen LogP contribution in [0.4, 0.5) is 5.69 Å². The largest absolute Gasteiger partial charge is 0.491 e. The minimum absolute atomic E-state index is 0.0176. The summed E-state index contributed by atoms with van der Waals surface area (Å²) in [5.41, 5.74) is 3.33. The van der Waals surface area contributed by atoms with Crippen LogP contribution < -0.4 is 15.0 Å². The van der Waals surface area contributed by atoms with Gasteiger partial charge in [0.05, 0.1) is 33.5 Å². The highest BCUT2D eigenvalue weighted by Gasteiger charge is 2.46. The van der Waals surface area contributed by atoms with E-state index in [9.17, 15) is 24.0 Å². The number of imide groups is 2. The van der Waals surface area contributed by atoms with Crippen molar-refractivity contribution in [1.82, 2.24) is 20.0 Å². The van der Waals surface area contributed by atoms with Gasteiger partial charge < -0.3 is 19.4 Å². The van der Waals surface area contributed by atoms with Gasteiger partial charge >= 0.3 is 0 Å². The fraction of sp³-hybridized carbons (Fsp3) is 0.447. The first kappa shape index (κ1) is 41.1. The summed E-state index contributed by atoms with van der Waals surface area (Å²) in [6, 6.07) is 19.7. The Morgan fingerprint density at radius 3 is 2.37 bits per heavy atom. The second-order valence-corrected chi connectivity index (χ2v) is 17.1. The Balaban J connectivity index is 0.811. The zero-order chi connectivity index (χ0) is 42.1. The number of rotatable bonds is 8. The molecular formula is C47H49ClN6O6. The number of fused-ring (bicyclic) bond motifs is 1. The molecule has 5 aliphatic heterocycles. The van der Waals surface area contributed by atoms with E-state index in [1.54, 1.807) is 30.3 Å². The monoisotopic (exact) mass is 828 g/mol. The second-order valence-electron chi connectivity index (χ2n) is 16.7. The molecular weight excluding hydrogens is 780 g/mol. The third-order valence-electron chi connectivity index (χ3n) is 12.9. The Bertz CT molecular complexity index is 2300. The lowest BCUT2D eigenvalue weighted by atomic mass is 9.93. The summed E-state index contributed by atoms with van der Waals surface area (Å²) < 4.78 is 6.13. The van der Waals surface area contributed by atoms with Crippen molar-refractivity contribution in [1.29, 1.82) is 5.26 Å². The first-order valence-electron chi connectivity index (χ1n) is 21.1. The maximum atomic E-state index is 13.8. The number of amides is 5. The molecule has 4 fully saturated rings. The molecule has 4 unspecified atom stereocenters. The molecule has 12 nitrogen and oxygen atoms in total. The summed E-state index contributed by atoms with van der Waals surface area (Å²) in [5.74, 6) is 5.83. The topological polar surface area (TPSA) is 143 Å². The predicted molar refractivity (Wildman–Crippen MR) is 225 cm³/mol. The number of nitrogens with one attached hydrogen (secondary N) is 1. The van der Waals surface area contributed by atoms with Crippen LogP contribution in [-0.2, 0) is 9.59 Å². The summed E-state index contributed by atoms with van der Waals surface area (Å²) in [7, 11) is 0. The van der Waals surface area contributed by atoms with Gasteiger partial charge in [0.1, 0.15) is 17.9 Å². The number of ether oxygens (including phenoxy) is 1. The number of carbonyl (C=O) groups is 5. The van der Waals surface area contributed by atoms with Crippen LogP contribution in [0.15, 0.2) is 60.7 Å². The van der Waals surface area contributed by atoms with Gasteiger partial charge in [-0.25, -0.2) is 0 Å². The lowest BCUT2D eigenvalue weighted by molar-refractivity contribution is -0.136. The van der Waals surface area contributed by atoms with Crippen molar-refractivity contribution < 1.29 is 28.7 Å². The minimum Gasteiger partial charge on any atom is -0.491 e. The number of likely N-dealkylation sites (tertiary alicyclic amines) is 2. The van der Waals surface area contributed by atoms with E-state index >= 15 is 0 Å². The number of halogens is 1. The smallest absolute Gasteiger partial charge is 0.264 e. The van der Waals surface area contributed by atoms with E-state index in [2.05, 4.69) is 40.0 Å². The Morgan fingerprint density at radius 1 is 0.917 bits per heavy atom. The normalized spacial score (nSPS) is 23.2. The number of carbonyl (C=O) groups excluding carboxylic acids is 5. The van der Waals surface area contributed by atoms with Crippen LogP contribution in [0, 0.1) is 29.1 Å². The number of hydrogen-bond donors (Lipinski definition) is 1. The molecule has 60 heavy (non-hydrogen) atoms. The number of hydrogen-bond acceptors (Lipinski definition) is 9. The van der Waals surface area contributed by atoms with E-state index in [4.69, 9.17) is 21.6 Å². The first-order chi connectivity index (χ1) is 29.0. The fourth-order valence-electron chi connectivity index (χ4n) is 9.66. The summed E-state index contributed by atoms with van der Waals surface area (Å²) in [6.45, 7) is 7.52. The maximum Gasteiger partial charge on any atom is 0.264 e. The molecule has 0 aromatic heterocycles. The van der Waals surface area contributed by atoms with E-state index in [0.29, 0.717) is 51.4 Å². The van der Waals surface area contributed by atoms with Gasteiger partial charge in [0, 0.05) is 67.2 Å². The van der Waals surface area contributed by atoms with Crippen LogP contribution in [0.3, 0.4) is 0 Å². The molecule has 4 saturated heterocycles. The van der Waals surface area contributed by atoms with Crippen molar-refractivity contribution >= 4 is 46.8 Å². The minimum atomic E-state index is -0.984. The molecule has 3 aromatic carbocycles. The highest BCUT2D eigenvalue weighted by atomic mass is 35.5. The van der Waals surface area contributed by atoms with E-state index in [0.717, 1.165) is 80.9 Å². The SMILES string of the molecule is CC(CC1CCC(C)N1C(=O)c1ccc(C#CC2CCN(C3CCN(c4cccc5c4C(=O)N(C4CCC(=O)NC4=O)C5=O)CC3)CC2)cc1)Oc1ccc(C#N)c(Cl)c1. The molecule has 5 amide bonds. The molecule has 3 aromatic rings. The third-order valence-corrected chi connectivity index (χ3v) is 13.2. The van der Waals surface area contributed by atoms with Crippen LogP contribution in [0.1, 0.15) is 114 Å². The average molecular weight is 829 g/mol. The van der Waals surface area contributed by atoms with E-state index in [-0.39, 0.29) is 36.9 Å². The number of benzene rings is 3. The van der Waals surface area contributed by atoms with Crippen molar-refractivity contribution in [2.24, 2.45) is 5.92 Å². The predicted octanol–water partition coefficient (Wildman–Crippen LogP) is 6.20. The zero-order valence-corrected chi connectivity index (χ0v) is 34.7. The van der Waals surface area contributed by atoms with Crippen molar-refractivity contribution in [3.05, 3.63) is 93.5 Å². The molecule has 0 spiro atoms. The Labute approximate surface area is 355 Å². The fourth-order valence-corrected chi connectivity index (χ4v) is 9.88. The summed E-state index contributed by atoms with van der Waals surface area (Å²) >= 11 is 6.20. The van der Waals surface area contributed by atoms with Crippen molar-refractivity contribution in [3.8, 4) is 23.7 Å². The summed E-state index contributed by atoms with van der Waals surface area (Å²) in [5, 5.41) is 11.8. The zero-order valence-electron chi connectivity index (χ0n) is 34.0. The van der Waals surface area contributed by atoms with Gasteiger partial charge in [-0.05, 0) is 120 Å². The molecule has 0 bridgehead atoms. The lowest BCUT2D eigenvalue weighted by Gasteiger charge is -2.42. The van der Waals surface area contributed by atoms with Crippen LogP contribution in [0.2, 0.25) is 5.02 Å². The van der Waals surface area contributed by atoms with Crippen molar-refractivity contribution in [2.45, 2.75) is 102 Å². The number of nitriles is 1. The molecule has 310 valence electrons. The summed E-state index contributed by atoms with van der Waals surface area (Å²) in [4.78, 5) is 72.8. The van der Waals surface area contributed by atoms with Gasteiger partial charge in [-0.15, -0.1) is 0 Å². The standard InChI is InChI=1S/C47H49ClN6O6/c1-29-6-14-36(26-30(2)60-37-15-13-34(28-49)39(48)27-37)53(29)45(57)33-11-9-31(10-12-33)7-8-32-18-22-51(23-19-32)35-20-24-52(25-21-35)40-5-3-4-38-43(40)47(59)54(46(38)58)41-16-17-42(55)50-44(41)56/h3-5,9-13,15,27,29-30,32,35-36,41H,6,14,16-26H2,1-2H3,(H,50,55,56). The van der Waals surface area contributed by atoms with E-state index in [1.165, 1.54) is 0 Å². The molecule has 0 saturated carbocycles. The van der Waals surface area contributed by atoms with Gasteiger partial charge in [-0.2, -0.15) is 5.26 Å². The molecule has 5 aliphatic rings. The van der Waals surface area contributed by atoms with Gasteiger partial charge in [0.25, 0.3) is 17.7 Å². The average Bonchev–Trinajstić information content (AvgIpc) is 3.74. The van der Waals surface area contributed by atoms with Gasteiger partial charge in [0.15, 0.2) is 0 Å². The molecule has 0 aliphatic carbocycles.